The number of benzene rings is 2. The molecule has 1 N–H and O–H groups in total. The molecule has 30 heavy (non-hydrogen) atoms. The number of carbonyl (C=O) groups is 1. The van der Waals surface area contributed by atoms with Crippen molar-refractivity contribution in [1.82, 2.24) is 5.06 Å². The van der Waals surface area contributed by atoms with E-state index in [-0.39, 0.29) is 33.0 Å². The molecular weight excluding hydrogens is 419 g/mol. The van der Waals surface area contributed by atoms with Crippen LogP contribution in [0.15, 0.2) is 42.5 Å². The zero-order valence-electron chi connectivity index (χ0n) is 16.3. The van der Waals surface area contributed by atoms with Gasteiger partial charge in [0.25, 0.3) is 5.92 Å². The monoisotopic (exact) mass is 439 g/mol. The smallest absolute Gasteiger partial charge is 0.282 e. The summed E-state index contributed by atoms with van der Waals surface area (Å²) in [5.41, 5.74) is 0.669. The lowest BCUT2D eigenvalue weighted by atomic mass is 10.1. The molecule has 3 aromatic rings. The van der Waals surface area contributed by atoms with Crippen LogP contribution in [0.25, 0.3) is 10.1 Å². The average molecular weight is 439 g/mol. The molecule has 0 bridgehead atoms. The maximum atomic E-state index is 14.7. The van der Waals surface area contributed by atoms with E-state index in [1.54, 1.807) is 30.3 Å². The van der Waals surface area contributed by atoms with Crippen molar-refractivity contribution in [2.45, 2.75) is 25.3 Å². The van der Waals surface area contributed by atoms with Gasteiger partial charge in [-0.1, -0.05) is 30.3 Å². The molecule has 5 nitrogen and oxygen atoms in total. The molecule has 0 saturated heterocycles. The summed E-state index contributed by atoms with van der Waals surface area (Å²) in [7, 11) is 2.59. The van der Waals surface area contributed by atoms with Gasteiger partial charge in [-0.25, -0.2) is 18.2 Å². The fourth-order valence-electron chi connectivity index (χ4n) is 2.98. The third-order valence-electron chi connectivity index (χ3n) is 4.58. The Kier molecular flexibility index (Phi) is 6.52. The van der Waals surface area contributed by atoms with Crippen molar-refractivity contribution in [2.24, 2.45) is 0 Å². The van der Waals surface area contributed by atoms with E-state index in [1.807, 2.05) is 0 Å². The number of halogens is 3. The topological polar surface area (TPSA) is 59.0 Å². The molecule has 1 amide bonds. The number of fused-ring (bicyclic) bond motifs is 1. The van der Waals surface area contributed by atoms with Gasteiger partial charge in [-0.2, -0.15) is 0 Å². The second kappa shape index (κ2) is 8.93. The summed E-state index contributed by atoms with van der Waals surface area (Å²) in [6.07, 6.45) is -1.39. The van der Waals surface area contributed by atoms with E-state index in [0.29, 0.717) is 22.0 Å². The molecule has 1 heterocycles. The van der Waals surface area contributed by atoms with Gasteiger partial charge in [0.2, 0.25) is 5.91 Å². The number of hydrogen-bond acceptors (Lipinski definition) is 5. The zero-order chi connectivity index (χ0) is 21.9. The van der Waals surface area contributed by atoms with Gasteiger partial charge in [-0.05, 0) is 11.6 Å². The first-order valence-corrected chi connectivity index (χ1v) is 9.84. The highest BCUT2D eigenvalue weighted by Gasteiger charge is 2.35. The first-order chi connectivity index (χ1) is 14.3. The number of alkyl halides is 2. The molecule has 0 radical (unpaired) electrons. The first kappa shape index (κ1) is 21.9. The molecule has 1 aromatic heterocycles. The number of hydrogen-bond donors (Lipinski definition) is 1. The summed E-state index contributed by atoms with van der Waals surface area (Å²) in [6, 6.07) is 11.2. The highest BCUT2D eigenvalue weighted by molar-refractivity contribution is 7.19. The molecule has 0 saturated carbocycles. The van der Waals surface area contributed by atoms with Crippen LogP contribution in [0.2, 0.25) is 0 Å². The van der Waals surface area contributed by atoms with Crippen LogP contribution in [0.1, 0.15) is 23.3 Å². The lowest BCUT2D eigenvalue weighted by molar-refractivity contribution is -0.169. The Hall–Kier alpha value is -2.78. The third kappa shape index (κ3) is 4.52. The number of hydroxylamine groups is 2. The van der Waals surface area contributed by atoms with Crippen LogP contribution < -0.4 is 9.47 Å². The fraction of sp³-hybridized carbons (Fsp3) is 0.286. The quantitative estimate of drug-likeness (QED) is 0.380. The minimum Gasteiger partial charge on any atom is -0.493 e. The molecule has 2 aromatic carbocycles. The summed E-state index contributed by atoms with van der Waals surface area (Å²) >= 11 is 0.717. The fourth-order valence-corrected chi connectivity index (χ4v) is 4.07. The third-order valence-corrected chi connectivity index (χ3v) is 5.78. The van der Waals surface area contributed by atoms with Gasteiger partial charge in [0.05, 0.1) is 25.6 Å². The van der Waals surface area contributed by atoms with Crippen LogP contribution in [-0.2, 0) is 17.3 Å². The van der Waals surface area contributed by atoms with E-state index in [2.05, 4.69) is 0 Å². The first-order valence-electron chi connectivity index (χ1n) is 9.02. The Labute approximate surface area is 175 Å². The molecule has 0 aliphatic carbocycles. The lowest BCUT2D eigenvalue weighted by Gasteiger charge is -2.18. The molecular formula is C21H20F3NO4S. The number of rotatable bonds is 8. The van der Waals surface area contributed by atoms with E-state index in [1.165, 1.54) is 20.3 Å². The van der Waals surface area contributed by atoms with Gasteiger partial charge in [0, 0.05) is 29.0 Å². The molecule has 0 aliphatic rings. The van der Waals surface area contributed by atoms with Crippen molar-refractivity contribution in [2.75, 3.05) is 14.2 Å². The normalized spacial score (nSPS) is 11.5. The summed E-state index contributed by atoms with van der Waals surface area (Å²) in [5, 5.41) is 10.3. The van der Waals surface area contributed by atoms with E-state index in [4.69, 9.17) is 9.47 Å². The Bertz CT molecular complexity index is 1040. The Balaban J connectivity index is 1.74. The van der Waals surface area contributed by atoms with E-state index >= 15 is 0 Å². The standard InChI is InChI=1S/C21H20F3NO4S/c1-28-15-11-16-14(19(22)20(15)29-2)10-17(30-16)21(23,24)9-8-18(26)25(27)12-13-6-4-3-5-7-13/h3-7,10-11,27H,8-9,12H2,1-2H3. The summed E-state index contributed by atoms with van der Waals surface area (Å²) in [6.45, 7) is -0.0983. The van der Waals surface area contributed by atoms with Crippen molar-refractivity contribution in [3.8, 4) is 11.5 Å². The highest BCUT2D eigenvalue weighted by Crippen LogP contribution is 2.45. The minimum atomic E-state index is -3.38. The largest absolute Gasteiger partial charge is 0.493 e. The number of amides is 1. The second-order valence-corrected chi connectivity index (χ2v) is 7.67. The molecule has 0 fully saturated rings. The van der Waals surface area contributed by atoms with Crippen LogP contribution in [0.3, 0.4) is 0 Å². The van der Waals surface area contributed by atoms with Crippen LogP contribution >= 0.6 is 11.3 Å². The van der Waals surface area contributed by atoms with Gasteiger partial charge in [0.1, 0.15) is 0 Å². The van der Waals surface area contributed by atoms with Crippen LogP contribution in [0, 0.1) is 5.82 Å². The van der Waals surface area contributed by atoms with Crippen molar-refractivity contribution in [1.29, 1.82) is 0 Å². The van der Waals surface area contributed by atoms with Crippen LogP contribution in [0.4, 0.5) is 13.2 Å². The van der Waals surface area contributed by atoms with Crippen molar-refractivity contribution < 1.29 is 32.6 Å². The van der Waals surface area contributed by atoms with Crippen LogP contribution in [-0.4, -0.2) is 30.4 Å². The Morgan fingerprint density at radius 1 is 1.17 bits per heavy atom. The van der Waals surface area contributed by atoms with Crippen molar-refractivity contribution in [3.63, 3.8) is 0 Å². The second-order valence-electron chi connectivity index (χ2n) is 6.59. The number of thiophene rings is 1. The summed E-state index contributed by atoms with van der Waals surface area (Å²) in [5.74, 6) is -5.05. The molecule has 0 aliphatic heterocycles. The molecule has 9 heteroatoms. The maximum absolute atomic E-state index is 14.7. The summed E-state index contributed by atoms with van der Waals surface area (Å²) in [4.78, 5) is 11.7. The van der Waals surface area contributed by atoms with E-state index in [0.717, 1.165) is 6.07 Å². The zero-order valence-corrected chi connectivity index (χ0v) is 17.1. The number of ether oxygens (including phenoxy) is 2. The SMILES string of the molecule is COc1cc2sc(C(F)(F)CCC(=O)N(O)Cc3ccccc3)cc2c(F)c1OC. The molecule has 3 rings (SSSR count). The van der Waals surface area contributed by atoms with Crippen LogP contribution in [0.5, 0.6) is 11.5 Å². The van der Waals surface area contributed by atoms with Gasteiger partial charge in [-0.3, -0.25) is 10.0 Å². The van der Waals surface area contributed by atoms with E-state index in [9.17, 15) is 23.2 Å². The Morgan fingerprint density at radius 2 is 1.87 bits per heavy atom. The molecule has 160 valence electrons. The molecule has 0 atom stereocenters. The Morgan fingerprint density at radius 3 is 2.50 bits per heavy atom. The lowest BCUT2D eigenvalue weighted by Crippen LogP contribution is -2.28. The predicted octanol–water partition coefficient (Wildman–Crippen LogP) is 5.35. The number of methoxy groups -OCH3 is 2. The van der Waals surface area contributed by atoms with Gasteiger partial charge in [-0.15, -0.1) is 11.3 Å². The van der Waals surface area contributed by atoms with Gasteiger partial charge < -0.3 is 9.47 Å². The molecule has 0 unspecified atom stereocenters. The average Bonchev–Trinajstić information content (AvgIpc) is 3.18. The maximum Gasteiger partial charge on any atom is 0.282 e. The number of carbonyl (C=O) groups excluding carboxylic acids is 1. The van der Waals surface area contributed by atoms with Gasteiger partial charge >= 0.3 is 0 Å². The van der Waals surface area contributed by atoms with Crippen molar-refractivity contribution >= 4 is 27.3 Å². The molecule has 0 spiro atoms. The minimum absolute atomic E-state index is 0.00786. The van der Waals surface area contributed by atoms with Crippen molar-refractivity contribution in [3.05, 3.63) is 58.7 Å². The van der Waals surface area contributed by atoms with E-state index < -0.39 is 30.5 Å². The van der Waals surface area contributed by atoms with Gasteiger partial charge in [0.15, 0.2) is 17.3 Å². The summed E-state index contributed by atoms with van der Waals surface area (Å²) < 4.78 is 54.3. The number of nitrogens with zero attached hydrogens (tertiary/aromatic N) is 1. The highest BCUT2D eigenvalue weighted by atomic mass is 32.1. The predicted molar refractivity (Wildman–Crippen MR) is 107 cm³/mol.